The lowest BCUT2D eigenvalue weighted by molar-refractivity contribution is 0.751. The van der Waals surface area contributed by atoms with Crippen LogP contribution in [0.1, 0.15) is 168 Å². The highest BCUT2D eigenvalue weighted by Gasteiger charge is 2.28. The molecule has 1 aliphatic rings. The molecule has 214 valence electrons. The third-order valence-corrected chi connectivity index (χ3v) is 7.70. The lowest BCUT2D eigenvalue weighted by Gasteiger charge is -2.18. The van der Waals surface area contributed by atoms with Crippen molar-refractivity contribution < 1.29 is 0 Å². The molecule has 0 saturated heterocycles. The van der Waals surface area contributed by atoms with Gasteiger partial charge in [0.1, 0.15) is 0 Å². The zero-order valence-electron chi connectivity index (χ0n) is 27.3. The Kier molecular flexibility index (Phi) is 12.4. The van der Waals surface area contributed by atoms with Crippen LogP contribution in [0.4, 0.5) is 0 Å². The summed E-state index contributed by atoms with van der Waals surface area (Å²) in [5.74, 6) is 3.76. The highest BCUT2D eigenvalue weighted by atomic mass is 14.7. The topological polar surface area (TPSA) is 25.8 Å². The van der Waals surface area contributed by atoms with E-state index in [0.717, 1.165) is 5.92 Å². The summed E-state index contributed by atoms with van der Waals surface area (Å²) in [5, 5.41) is 0. The number of pyridine rings is 2. The van der Waals surface area contributed by atoms with Crippen LogP contribution in [-0.4, -0.2) is 9.97 Å². The van der Waals surface area contributed by atoms with E-state index in [1.54, 1.807) is 0 Å². The number of rotatable bonds is 6. The van der Waals surface area contributed by atoms with Gasteiger partial charge < -0.3 is 0 Å². The van der Waals surface area contributed by atoms with Gasteiger partial charge in [0.2, 0.25) is 0 Å². The first kappa shape index (κ1) is 32.7. The molecule has 1 fully saturated rings. The molecule has 0 radical (unpaired) electrons. The van der Waals surface area contributed by atoms with Crippen molar-refractivity contribution in [2.24, 2.45) is 0 Å². The lowest BCUT2D eigenvalue weighted by Crippen LogP contribution is -2.03. The van der Waals surface area contributed by atoms with Gasteiger partial charge in [0, 0.05) is 29.7 Å². The van der Waals surface area contributed by atoms with Crippen molar-refractivity contribution in [1.29, 1.82) is 0 Å². The summed E-state index contributed by atoms with van der Waals surface area (Å²) >= 11 is 0. The summed E-state index contributed by atoms with van der Waals surface area (Å²) < 4.78 is 0. The van der Waals surface area contributed by atoms with Crippen LogP contribution in [0.2, 0.25) is 0 Å². The molecule has 0 N–H and O–H groups in total. The van der Waals surface area contributed by atoms with E-state index < -0.39 is 0 Å². The lowest BCUT2D eigenvalue weighted by atomic mass is 9.87. The average molecular weight is 529 g/mol. The van der Waals surface area contributed by atoms with Crippen LogP contribution in [0.15, 0.2) is 42.7 Å². The van der Waals surface area contributed by atoms with Crippen LogP contribution in [0, 0.1) is 20.8 Å². The molecule has 0 bridgehead atoms. The van der Waals surface area contributed by atoms with Gasteiger partial charge in [-0.2, -0.15) is 0 Å². The monoisotopic (exact) mass is 528 g/mol. The first-order valence-electron chi connectivity index (χ1n) is 15.3. The average Bonchev–Trinajstić information content (AvgIpc) is 3.69. The minimum Gasteiger partial charge on any atom is -0.261 e. The second kappa shape index (κ2) is 14.8. The molecular weight excluding hydrogens is 472 g/mol. The zero-order chi connectivity index (χ0) is 29.4. The molecule has 2 heteroatoms. The van der Waals surface area contributed by atoms with Gasteiger partial charge in [-0.15, -0.1) is 0 Å². The largest absolute Gasteiger partial charge is 0.261 e. The van der Waals surface area contributed by atoms with E-state index in [9.17, 15) is 0 Å². The predicted molar refractivity (Wildman–Crippen MR) is 172 cm³/mol. The molecule has 0 aliphatic heterocycles. The highest BCUT2D eigenvalue weighted by Crippen LogP contribution is 2.42. The molecule has 0 spiro atoms. The second-order valence-electron chi connectivity index (χ2n) is 13.0. The van der Waals surface area contributed by atoms with E-state index in [1.807, 2.05) is 12.4 Å². The van der Waals surface area contributed by atoms with E-state index in [-0.39, 0.29) is 0 Å². The van der Waals surface area contributed by atoms with Crippen LogP contribution in [0.3, 0.4) is 0 Å². The summed E-state index contributed by atoms with van der Waals surface area (Å²) in [6.45, 7) is 29.0. The van der Waals surface area contributed by atoms with Crippen LogP contribution in [0.25, 0.3) is 0 Å². The summed E-state index contributed by atoms with van der Waals surface area (Å²) in [6, 6.07) is 10.9. The number of hydrogen-bond donors (Lipinski definition) is 0. The Morgan fingerprint density at radius 3 is 1.44 bits per heavy atom. The Balaban J connectivity index is 0.000000205. The summed E-state index contributed by atoms with van der Waals surface area (Å²) in [6.07, 6.45) is 6.55. The molecule has 0 amide bonds. The van der Waals surface area contributed by atoms with Gasteiger partial charge >= 0.3 is 0 Å². The molecule has 0 atom stereocenters. The first-order valence-corrected chi connectivity index (χ1v) is 15.3. The second-order valence-corrected chi connectivity index (χ2v) is 13.0. The minimum absolute atomic E-state index is 0.525. The molecule has 39 heavy (non-hydrogen) atoms. The minimum atomic E-state index is 0.525. The third kappa shape index (κ3) is 9.02. The number of benzene rings is 1. The molecular formula is C37H56N2. The Morgan fingerprint density at radius 1 is 0.538 bits per heavy atom. The summed E-state index contributed by atoms with van der Waals surface area (Å²) in [4.78, 5) is 8.98. The van der Waals surface area contributed by atoms with E-state index in [0.29, 0.717) is 29.6 Å². The maximum Gasteiger partial charge on any atom is 0.0471 e. The van der Waals surface area contributed by atoms with Crippen LogP contribution < -0.4 is 0 Å². The van der Waals surface area contributed by atoms with Crippen molar-refractivity contribution in [3.63, 3.8) is 0 Å². The van der Waals surface area contributed by atoms with Gasteiger partial charge in [0.25, 0.3) is 0 Å². The molecule has 2 nitrogen and oxygen atoms in total. The molecule has 3 aromatic rings. The van der Waals surface area contributed by atoms with Crippen molar-refractivity contribution in [3.8, 4) is 0 Å². The van der Waals surface area contributed by atoms with Gasteiger partial charge in [0.05, 0.1) is 0 Å². The van der Waals surface area contributed by atoms with E-state index in [2.05, 4.69) is 130 Å². The summed E-state index contributed by atoms with van der Waals surface area (Å²) in [5.41, 5.74) is 12.8. The van der Waals surface area contributed by atoms with E-state index >= 15 is 0 Å². The van der Waals surface area contributed by atoms with E-state index in [4.69, 9.17) is 0 Å². The van der Waals surface area contributed by atoms with Gasteiger partial charge in [-0.3, -0.25) is 9.97 Å². The van der Waals surface area contributed by atoms with Crippen molar-refractivity contribution >= 4 is 0 Å². The fourth-order valence-electron chi connectivity index (χ4n) is 5.82. The Morgan fingerprint density at radius 2 is 1.03 bits per heavy atom. The Bertz CT molecular complexity index is 1040. The quantitative estimate of drug-likeness (QED) is 0.318. The van der Waals surface area contributed by atoms with Crippen LogP contribution >= 0.6 is 0 Å². The first-order chi connectivity index (χ1) is 18.3. The van der Waals surface area contributed by atoms with Crippen molar-refractivity contribution in [2.75, 3.05) is 0 Å². The fraction of sp³-hybridized carbons (Fsp3) is 0.568. The molecule has 0 unspecified atom stereocenters. The van der Waals surface area contributed by atoms with Crippen molar-refractivity contribution in [3.05, 3.63) is 93.1 Å². The van der Waals surface area contributed by atoms with Gasteiger partial charge in [0.15, 0.2) is 0 Å². The van der Waals surface area contributed by atoms with Crippen LogP contribution in [-0.2, 0) is 0 Å². The Hall–Kier alpha value is -2.48. The molecule has 2 heterocycles. The molecule has 1 aliphatic carbocycles. The predicted octanol–water partition coefficient (Wildman–Crippen LogP) is 11.3. The smallest absolute Gasteiger partial charge is 0.0471 e. The fourth-order valence-corrected chi connectivity index (χ4v) is 5.82. The van der Waals surface area contributed by atoms with Gasteiger partial charge in [-0.25, -0.2) is 0 Å². The maximum atomic E-state index is 4.52. The molecule has 1 saturated carbocycles. The normalized spacial score (nSPS) is 13.1. The highest BCUT2D eigenvalue weighted by molar-refractivity contribution is 5.39. The van der Waals surface area contributed by atoms with Gasteiger partial charge in [-0.1, -0.05) is 87.4 Å². The van der Waals surface area contributed by atoms with Crippen molar-refractivity contribution in [2.45, 2.75) is 138 Å². The molecule has 1 aromatic carbocycles. The number of nitrogens with zero attached hydrogens (tertiary/aromatic N) is 2. The number of aromatic nitrogens is 2. The van der Waals surface area contributed by atoms with E-state index in [1.165, 1.54) is 63.2 Å². The zero-order valence-corrected chi connectivity index (χ0v) is 27.3. The van der Waals surface area contributed by atoms with Crippen LogP contribution in [0.5, 0.6) is 0 Å². The SMILES string of the molecule is Cc1cccc(C(C)C)c1C(C)C.Cc1ccnc(C(C)C)c1C(C)C.Cc1ccnc(C2CC2)c1C(C)C. The third-order valence-electron chi connectivity index (χ3n) is 7.70. The Labute approximate surface area is 241 Å². The number of hydrogen-bond acceptors (Lipinski definition) is 2. The summed E-state index contributed by atoms with van der Waals surface area (Å²) in [7, 11) is 0. The van der Waals surface area contributed by atoms with Gasteiger partial charge in [-0.05, 0) is 114 Å². The van der Waals surface area contributed by atoms with Crippen molar-refractivity contribution in [1.82, 2.24) is 9.97 Å². The number of aryl methyl sites for hydroxylation is 3. The molecule has 4 rings (SSSR count). The molecule has 2 aromatic heterocycles. The standard InChI is InChI=1S/C13H20.C12H17N.C12H19N/c1-9(2)12-8-6-7-11(5)13(12)10(3)4;1-8(2)11-9(3)6-7-13-12(11)10-4-5-10;1-8(2)11-10(5)6-7-13-12(11)9(3)4/h6-10H,1-5H3;6-8,10H,4-5H2,1-3H3;6-9H,1-5H3. The maximum absolute atomic E-state index is 4.52.